The first-order valence-corrected chi connectivity index (χ1v) is 5.78. The summed E-state index contributed by atoms with van der Waals surface area (Å²) in [5.41, 5.74) is 1.56. The summed E-state index contributed by atoms with van der Waals surface area (Å²) in [5, 5.41) is 12.6. The van der Waals surface area contributed by atoms with Crippen LogP contribution in [0.25, 0.3) is 0 Å². The Bertz CT molecular complexity index is 330. The number of aliphatic hydroxyl groups excluding tert-OH is 1. The van der Waals surface area contributed by atoms with Gasteiger partial charge in [0.05, 0.1) is 16.9 Å². The highest BCUT2D eigenvalue weighted by Crippen LogP contribution is 2.24. The first kappa shape index (κ1) is 13.1. The summed E-state index contributed by atoms with van der Waals surface area (Å²) in [6.45, 7) is 7.19. The van der Waals surface area contributed by atoms with E-state index in [9.17, 15) is 0 Å². The highest BCUT2D eigenvalue weighted by Gasteiger charge is 2.28. The molecule has 0 saturated heterocycles. The third-order valence-corrected chi connectivity index (χ3v) is 2.78. The first-order valence-electron chi connectivity index (χ1n) is 5.78. The van der Waals surface area contributed by atoms with E-state index in [1.54, 1.807) is 12.4 Å². The zero-order valence-electron chi connectivity index (χ0n) is 10.3. The van der Waals surface area contributed by atoms with E-state index in [4.69, 9.17) is 5.11 Å². The van der Waals surface area contributed by atoms with Crippen LogP contribution in [0.5, 0.6) is 0 Å². The third-order valence-electron chi connectivity index (χ3n) is 2.78. The number of rotatable bonds is 6. The summed E-state index contributed by atoms with van der Waals surface area (Å²) < 4.78 is 0. The molecule has 0 amide bonds. The Labute approximate surface area is 97.1 Å². The van der Waals surface area contributed by atoms with Crippen LogP contribution in [0.4, 0.5) is 0 Å². The van der Waals surface area contributed by atoms with E-state index in [-0.39, 0.29) is 12.1 Å². The smallest absolute Gasteiger partial charge is 0.0814 e. The molecule has 0 aromatic carbocycles. The topological polar surface area (TPSA) is 58.0 Å². The van der Waals surface area contributed by atoms with E-state index >= 15 is 0 Å². The van der Waals surface area contributed by atoms with Gasteiger partial charge < -0.3 is 10.4 Å². The lowest BCUT2D eigenvalue weighted by Gasteiger charge is -2.30. The largest absolute Gasteiger partial charge is 0.396 e. The molecule has 0 aliphatic heterocycles. The quantitative estimate of drug-likeness (QED) is 0.765. The molecule has 1 rings (SSSR count). The van der Waals surface area contributed by atoms with Gasteiger partial charge in [-0.1, -0.05) is 6.92 Å². The number of hydrogen-bond donors (Lipinski definition) is 2. The minimum Gasteiger partial charge on any atom is -0.396 e. The number of aliphatic hydroxyl groups is 1. The number of nitrogens with one attached hydrogen (secondary N) is 1. The minimum atomic E-state index is -0.289. The summed E-state index contributed by atoms with van der Waals surface area (Å²) >= 11 is 0. The molecule has 1 atom stereocenters. The lowest BCUT2D eigenvalue weighted by atomic mass is 9.92. The van der Waals surface area contributed by atoms with Crippen LogP contribution in [-0.4, -0.2) is 28.2 Å². The average molecular weight is 223 g/mol. The Morgan fingerprint density at radius 1 is 1.38 bits per heavy atom. The van der Waals surface area contributed by atoms with Crippen molar-refractivity contribution >= 4 is 0 Å². The molecule has 0 aliphatic carbocycles. The van der Waals surface area contributed by atoms with Crippen LogP contribution in [0.2, 0.25) is 0 Å². The van der Waals surface area contributed by atoms with Gasteiger partial charge in [0.2, 0.25) is 0 Å². The van der Waals surface area contributed by atoms with E-state index in [1.165, 1.54) is 0 Å². The van der Waals surface area contributed by atoms with Gasteiger partial charge in [-0.15, -0.1) is 0 Å². The van der Waals surface area contributed by atoms with Crippen molar-refractivity contribution in [1.29, 1.82) is 0 Å². The van der Waals surface area contributed by atoms with Gasteiger partial charge in [0.1, 0.15) is 0 Å². The van der Waals surface area contributed by atoms with Gasteiger partial charge >= 0.3 is 0 Å². The van der Waals surface area contributed by atoms with Crippen molar-refractivity contribution in [3.05, 3.63) is 23.8 Å². The van der Waals surface area contributed by atoms with Crippen LogP contribution < -0.4 is 5.32 Å². The monoisotopic (exact) mass is 223 g/mol. The molecule has 1 unspecified atom stereocenters. The summed E-state index contributed by atoms with van der Waals surface area (Å²) in [6, 6.07) is 0. The predicted molar refractivity (Wildman–Crippen MR) is 64.1 cm³/mol. The molecular weight excluding hydrogens is 202 g/mol. The van der Waals surface area contributed by atoms with Gasteiger partial charge in [-0.05, 0) is 33.2 Å². The second-order valence-electron chi connectivity index (χ2n) is 4.22. The Kier molecular flexibility index (Phi) is 4.83. The number of hydrogen-bond acceptors (Lipinski definition) is 4. The molecule has 4 heteroatoms. The van der Waals surface area contributed by atoms with Gasteiger partial charge in [-0.2, -0.15) is 0 Å². The maximum atomic E-state index is 9.17. The average Bonchev–Trinajstić information content (AvgIpc) is 2.27. The SMILES string of the molecule is CCCNC(C)(CCO)c1nccnc1C. The molecule has 1 aromatic heterocycles. The maximum absolute atomic E-state index is 9.17. The fourth-order valence-corrected chi connectivity index (χ4v) is 1.86. The molecular formula is C12H21N3O. The van der Waals surface area contributed by atoms with E-state index in [2.05, 4.69) is 29.1 Å². The zero-order chi connectivity index (χ0) is 12.0. The number of nitrogens with zero attached hydrogens (tertiary/aromatic N) is 2. The van der Waals surface area contributed by atoms with Crippen molar-refractivity contribution in [2.24, 2.45) is 0 Å². The van der Waals surface area contributed by atoms with Crippen LogP contribution in [-0.2, 0) is 5.54 Å². The van der Waals surface area contributed by atoms with Crippen LogP contribution in [0, 0.1) is 6.92 Å². The van der Waals surface area contributed by atoms with Crippen LogP contribution in [0.15, 0.2) is 12.4 Å². The van der Waals surface area contributed by atoms with E-state index in [0.29, 0.717) is 6.42 Å². The third kappa shape index (κ3) is 3.00. The highest BCUT2D eigenvalue weighted by molar-refractivity contribution is 5.18. The van der Waals surface area contributed by atoms with Gasteiger partial charge in [0.15, 0.2) is 0 Å². The van der Waals surface area contributed by atoms with Gasteiger partial charge in [-0.3, -0.25) is 9.97 Å². The van der Waals surface area contributed by atoms with E-state index in [0.717, 1.165) is 24.4 Å². The molecule has 0 spiro atoms. The summed E-state index contributed by atoms with van der Waals surface area (Å²) in [4.78, 5) is 8.64. The molecule has 0 radical (unpaired) electrons. The summed E-state index contributed by atoms with van der Waals surface area (Å²) in [7, 11) is 0. The first-order chi connectivity index (χ1) is 7.64. The van der Waals surface area contributed by atoms with Crippen molar-refractivity contribution < 1.29 is 5.11 Å². The Morgan fingerprint density at radius 3 is 2.62 bits per heavy atom. The highest BCUT2D eigenvalue weighted by atomic mass is 16.3. The second kappa shape index (κ2) is 5.92. The summed E-state index contributed by atoms with van der Waals surface area (Å²) in [5.74, 6) is 0. The molecule has 0 aliphatic rings. The maximum Gasteiger partial charge on any atom is 0.0814 e. The number of aryl methyl sites for hydroxylation is 1. The zero-order valence-corrected chi connectivity index (χ0v) is 10.3. The van der Waals surface area contributed by atoms with Crippen molar-refractivity contribution in [3.63, 3.8) is 0 Å². The molecule has 0 bridgehead atoms. The Morgan fingerprint density at radius 2 is 2.06 bits per heavy atom. The molecule has 16 heavy (non-hydrogen) atoms. The number of aromatic nitrogens is 2. The molecule has 1 heterocycles. The summed E-state index contributed by atoms with van der Waals surface area (Å²) in [6.07, 6.45) is 5.09. The van der Waals surface area contributed by atoms with E-state index < -0.39 is 0 Å². The van der Waals surface area contributed by atoms with Crippen molar-refractivity contribution in [1.82, 2.24) is 15.3 Å². The molecule has 90 valence electrons. The van der Waals surface area contributed by atoms with Crippen molar-refractivity contribution in [2.75, 3.05) is 13.2 Å². The van der Waals surface area contributed by atoms with Gasteiger partial charge in [0.25, 0.3) is 0 Å². The minimum absolute atomic E-state index is 0.142. The van der Waals surface area contributed by atoms with Crippen LogP contribution in [0.1, 0.15) is 38.1 Å². The van der Waals surface area contributed by atoms with Crippen molar-refractivity contribution in [3.8, 4) is 0 Å². The van der Waals surface area contributed by atoms with Crippen molar-refractivity contribution in [2.45, 2.75) is 39.2 Å². The normalized spacial score (nSPS) is 14.8. The predicted octanol–water partition coefficient (Wildman–Crippen LogP) is 1.38. The Balaban J connectivity index is 2.96. The van der Waals surface area contributed by atoms with E-state index in [1.807, 2.05) is 6.92 Å². The molecule has 4 nitrogen and oxygen atoms in total. The lowest BCUT2D eigenvalue weighted by molar-refractivity contribution is 0.217. The standard InChI is InChI=1S/C12H21N3O/c1-4-6-15-12(3,5-9-16)11-10(2)13-7-8-14-11/h7-8,15-16H,4-6,9H2,1-3H3. The Hall–Kier alpha value is -1.00. The molecule has 0 saturated carbocycles. The van der Waals surface area contributed by atoms with Gasteiger partial charge in [-0.25, -0.2) is 0 Å². The molecule has 1 aromatic rings. The van der Waals surface area contributed by atoms with Crippen LogP contribution >= 0.6 is 0 Å². The molecule has 2 N–H and O–H groups in total. The lowest BCUT2D eigenvalue weighted by Crippen LogP contribution is -2.42. The fraction of sp³-hybridized carbons (Fsp3) is 0.667. The van der Waals surface area contributed by atoms with Crippen LogP contribution in [0.3, 0.4) is 0 Å². The second-order valence-corrected chi connectivity index (χ2v) is 4.22. The molecule has 0 fully saturated rings. The van der Waals surface area contributed by atoms with Gasteiger partial charge in [0, 0.05) is 19.0 Å². The fourth-order valence-electron chi connectivity index (χ4n) is 1.86.